The van der Waals surface area contributed by atoms with Crippen molar-refractivity contribution in [2.24, 2.45) is 0 Å². The van der Waals surface area contributed by atoms with Crippen LogP contribution >= 0.6 is 23.2 Å². The minimum Gasteiger partial charge on any atom is -0.306 e. The number of nitrogens with zero attached hydrogens (tertiary/aromatic N) is 1. The third-order valence-electron chi connectivity index (χ3n) is 3.25. The summed E-state index contributed by atoms with van der Waals surface area (Å²) in [5, 5.41) is 15.3. The molecular weight excluding hydrogens is 311 g/mol. The van der Waals surface area contributed by atoms with Crippen LogP contribution < -0.4 is 5.32 Å². The van der Waals surface area contributed by atoms with E-state index >= 15 is 0 Å². The molecule has 0 saturated carbocycles. The van der Waals surface area contributed by atoms with Crippen molar-refractivity contribution in [1.29, 1.82) is 0 Å². The molecular formula is C15H14Cl2N2O2. The molecule has 2 aromatic rings. The van der Waals surface area contributed by atoms with E-state index in [0.29, 0.717) is 22.2 Å². The molecule has 1 atom stereocenters. The Morgan fingerprint density at radius 2 is 1.86 bits per heavy atom. The Balaban J connectivity index is 2.13. The van der Waals surface area contributed by atoms with Crippen molar-refractivity contribution >= 4 is 28.9 Å². The Bertz CT molecular complexity index is 645. The van der Waals surface area contributed by atoms with E-state index < -0.39 is 4.92 Å². The SMILES string of the molecule is C[C@H](NCc1c(Cl)cccc1[N+](=O)[O-])c1ccc(Cl)cc1. The molecule has 0 amide bonds. The monoisotopic (exact) mass is 324 g/mol. The van der Waals surface area contributed by atoms with Crippen molar-refractivity contribution in [2.45, 2.75) is 19.5 Å². The van der Waals surface area contributed by atoms with Crippen molar-refractivity contribution in [1.82, 2.24) is 5.32 Å². The lowest BCUT2D eigenvalue weighted by Crippen LogP contribution is -2.19. The van der Waals surface area contributed by atoms with Crippen molar-refractivity contribution in [2.75, 3.05) is 0 Å². The Morgan fingerprint density at radius 3 is 2.48 bits per heavy atom. The quantitative estimate of drug-likeness (QED) is 0.637. The van der Waals surface area contributed by atoms with Crippen LogP contribution in [0.2, 0.25) is 10.0 Å². The van der Waals surface area contributed by atoms with E-state index in [1.807, 2.05) is 31.2 Å². The third-order valence-corrected chi connectivity index (χ3v) is 3.85. The summed E-state index contributed by atoms with van der Waals surface area (Å²) in [4.78, 5) is 10.6. The molecule has 0 bridgehead atoms. The molecule has 0 spiro atoms. The van der Waals surface area contributed by atoms with Gasteiger partial charge in [0.2, 0.25) is 0 Å². The molecule has 21 heavy (non-hydrogen) atoms. The number of nitrogens with one attached hydrogen (secondary N) is 1. The van der Waals surface area contributed by atoms with Crippen molar-refractivity contribution in [3.05, 3.63) is 73.8 Å². The molecule has 0 saturated heterocycles. The van der Waals surface area contributed by atoms with Gasteiger partial charge in [0.15, 0.2) is 0 Å². The molecule has 0 unspecified atom stereocenters. The van der Waals surface area contributed by atoms with Gasteiger partial charge in [-0.25, -0.2) is 0 Å². The number of nitro groups is 1. The Labute approximate surface area is 132 Å². The van der Waals surface area contributed by atoms with Crippen molar-refractivity contribution < 1.29 is 4.92 Å². The summed E-state index contributed by atoms with van der Waals surface area (Å²) in [5.74, 6) is 0. The summed E-state index contributed by atoms with van der Waals surface area (Å²) in [5.41, 5.74) is 1.57. The minimum absolute atomic E-state index is 0.0261. The third kappa shape index (κ3) is 3.94. The van der Waals surface area contributed by atoms with E-state index in [0.717, 1.165) is 5.56 Å². The second-order valence-electron chi connectivity index (χ2n) is 4.65. The number of benzene rings is 2. The lowest BCUT2D eigenvalue weighted by molar-refractivity contribution is -0.385. The highest BCUT2D eigenvalue weighted by Gasteiger charge is 2.17. The first-order valence-corrected chi connectivity index (χ1v) is 7.15. The van der Waals surface area contributed by atoms with Gasteiger partial charge in [0.25, 0.3) is 5.69 Å². The van der Waals surface area contributed by atoms with Crippen LogP contribution in [0.4, 0.5) is 5.69 Å². The van der Waals surface area contributed by atoms with Gasteiger partial charge >= 0.3 is 0 Å². The topological polar surface area (TPSA) is 55.2 Å². The van der Waals surface area contributed by atoms with Crippen LogP contribution in [0, 0.1) is 10.1 Å². The molecule has 0 radical (unpaired) electrons. The van der Waals surface area contributed by atoms with Crippen molar-refractivity contribution in [3.8, 4) is 0 Å². The summed E-state index contributed by atoms with van der Waals surface area (Å²) < 4.78 is 0. The molecule has 0 aliphatic rings. The molecule has 0 fully saturated rings. The second-order valence-corrected chi connectivity index (χ2v) is 5.49. The van der Waals surface area contributed by atoms with E-state index in [4.69, 9.17) is 23.2 Å². The molecule has 0 aliphatic carbocycles. The summed E-state index contributed by atoms with van der Waals surface area (Å²) in [6.45, 7) is 2.30. The van der Waals surface area contributed by atoms with Gasteiger partial charge in [0.05, 0.1) is 15.5 Å². The molecule has 2 rings (SSSR count). The average molecular weight is 325 g/mol. The van der Waals surface area contributed by atoms with Crippen molar-refractivity contribution in [3.63, 3.8) is 0 Å². The van der Waals surface area contributed by atoms with E-state index in [-0.39, 0.29) is 11.7 Å². The Kier molecular flexibility index (Phi) is 5.17. The summed E-state index contributed by atoms with van der Waals surface area (Å²) >= 11 is 11.9. The molecule has 110 valence electrons. The van der Waals surface area contributed by atoms with Crippen LogP contribution in [0.1, 0.15) is 24.1 Å². The summed E-state index contributed by atoms with van der Waals surface area (Å²) in [6, 6.07) is 12.2. The van der Waals surface area contributed by atoms with E-state index in [1.165, 1.54) is 6.07 Å². The van der Waals surface area contributed by atoms with E-state index in [2.05, 4.69) is 5.32 Å². The van der Waals surface area contributed by atoms with Gasteiger partial charge in [0, 0.05) is 23.7 Å². The molecule has 4 nitrogen and oxygen atoms in total. The highest BCUT2D eigenvalue weighted by atomic mass is 35.5. The number of halogens is 2. The van der Waals surface area contributed by atoms with Gasteiger partial charge < -0.3 is 5.32 Å². The van der Waals surface area contributed by atoms with E-state index in [1.54, 1.807) is 12.1 Å². The van der Waals surface area contributed by atoms with Gasteiger partial charge in [-0.05, 0) is 30.7 Å². The zero-order valence-corrected chi connectivity index (χ0v) is 12.9. The normalized spacial score (nSPS) is 12.1. The van der Waals surface area contributed by atoms with E-state index in [9.17, 15) is 10.1 Å². The maximum atomic E-state index is 11.0. The number of rotatable bonds is 5. The number of hydrogen-bond acceptors (Lipinski definition) is 3. The van der Waals surface area contributed by atoms with Gasteiger partial charge in [-0.15, -0.1) is 0 Å². The maximum absolute atomic E-state index is 11.0. The fourth-order valence-corrected chi connectivity index (χ4v) is 2.38. The van der Waals surface area contributed by atoms with Crippen LogP contribution in [0.5, 0.6) is 0 Å². The fourth-order valence-electron chi connectivity index (χ4n) is 2.02. The van der Waals surface area contributed by atoms with Crippen LogP contribution in [0.25, 0.3) is 0 Å². The standard InChI is InChI=1S/C15H14Cl2N2O2/c1-10(11-5-7-12(16)8-6-11)18-9-13-14(17)3-2-4-15(13)19(20)21/h2-8,10,18H,9H2,1H3/t10-/m0/s1. The predicted molar refractivity (Wildman–Crippen MR) is 84.8 cm³/mol. The zero-order chi connectivity index (χ0) is 15.4. The minimum atomic E-state index is -0.421. The van der Waals surface area contributed by atoms with Crippen LogP contribution in [0.3, 0.4) is 0 Å². The predicted octanol–water partition coefficient (Wildman–Crippen LogP) is 4.75. The first kappa shape index (κ1) is 15.8. The van der Waals surface area contributed by atoms with Crippen LogP contribution in [0.15, 0.2) is 42.5 Å². The maximum Gasteiger partial charge on any atom is 0.275 e. The number of nitro benzene ring substituents is 1. The van der Waals surface area contributed by atoms with Gasteiger partial charge in [0.1, 0.15) is 0 Å². The lowest BCUT2D eigenvalue weighted by atomic mass is 10.1. The summed E-state index contributed by atoms with van der Waals surface area (Å²) in [6.07, 6.45) is 0. The van der Waals surface area contributed by atoms with Gasteiger partial charge in [-0.2, -0.15) is 0 Å². The zero-order valence-electron chi connectivity index (χ0n) is 11.3. The first-order chi connectivity index (χ1) is 9.99. The average Bonchev–Trinajstić information content (AvgIpc) is 2.46. The van der Waals surface area contributed by atoms with Crippen LogP contribution in [-0.4, -0.2) is 4.92 Å². The Hall–Kier alpha value is -1.62. The highest BCUT2D eigenvalue weighted by Crippen LogP contribution is 2.27. The molecule has 0 aliphatic heterocycles. The highest BCUT2D eigenvalue weighted by molar-refractivity contribution is 6.31. The number of hydrogen-bond donors (Lipinski definition) is 1. The first-order valence-electron chi connectivity index (χ1n) is 6.39. The molecule has 0 aromatic heterocycles. The molecule has 6 heteroatoms. The second kappa shape index (κ2) is 6.89. The smallest absolute Gasteiger partial charge is 0.275 e. The summed E-state index contributed by atoms with van der Waals surface area (Å²) in [7, 11) is 0. The molecule has 1 N–H and O–H groups in total. The molecule has 0 heterocycles. The fraction of sp³-hybridized carbons (Fsp3) is 0.200. The van der Waals surface area contributed by atoms with Gasteiger partial charge in [-0.3, -0.25) is 10.1 Å². The lowest BCUT2D eigenvalue weighted by Gasteiger charge is -2.15. The van der Waals surface area contributed by atoms with Gasteiger partial charge in [-0.1, -0.05) is 41.4 Å². The largest absolute Gasteiger partial charge is 0.306 e. The van der Waals surface area contributed by atoms with Crippen LogP contribution in [-0.2, 0) is 6.54 Å². The molecule has 2 aromatic carbocycles. The Morgan fingerprint density at radius 1 is 1.19 bits per heavy atom.